The van der Waals surface area contributed by atoms with E-state index in [1.807, 2.05) is 0 Å². The van der Waals surface area contributed by atoms with E-state index in [-0.39, 0.29) is 36.5 Å². The van der Waals surface area contributed by atoms with Gasteiger partial charge in [0, 0.05) is 19.2 Å². The molecular formula is C17H14ClF7N6O. The molecule has 0 saturated heterocycles. The molecule has 3 aromatic heterocycles. The molecule has 0 radical (unpaired) electrons. The molecule has 3 rings (SSSR count). The van der Waals surface area contributed by atoms with Crippen molar-refractivity contribution in [3.63, 3.8) is 0 Å². The van der Waals surface area contributed by atoms with Crippen LogP contribution >= 0.6 is 11.6 Å². The van der Waals surface area contributed by atoms with E-state index in [2.05, 4.69) is 20.5 Å². The third-order valence-corrected chi connectivity index (χ3v) is 4.84. The van der Waals surface area contributed by atoms with Crippen LogP contribution in [-0.2, 0) is 12.7 Å². The summed E-state index contributed by atoms with van der Waals surface area (Å²) in [6.45, 7) is 1.34. The summed E-state index contributed by atoms with van der Waals surface area (Å²) >= 11 is 5.66. The number of rotatable bonds is 7. The molecule has 15 heteroatoms. The molecule has 0 atom stereocenters. The lowest BCUT2D eigenvalue weighted by atomic mass is 10.3. The molecule has 0 aliphatic rings. The zero-order valence-electron chi connectivity index (χ0n) is 16.1. The van der Waals surface area contributed by atoms with E-state index in [1.165, 1.54) is 6.92 Å². The number of carbonyl (C=O) groups excluding carboxylic acids is 1. The van der Waals surface area contributed by atoms with Gasteiger partial charge in [-0.2, -0.15) is 23.4 Å². The molecule has 0 bridgehead atoms. The third kappa shape index (κ3) is 4.79. The average Bonchev–Trinajstić information content (AvgIpc) is 3.26. The largest absolute Gasteiger partial charge is 0.436 e. The van der Waals surface area contributed by atoms with E-state index in [0.29, 0.717) is 10.6 Å². The Hall–Kier alpha value is -2.90. The number of hydrogen-bond donors (Lipinski definition) is 1. The Balaban J connectivity index is 1.68. The number of amides is 1. The summed E-state index contributed by atoms with van der Waals surface area (Å²) in [5, 5.41) is 9.00. The van der Waals surface area contributed by atoms with Gasteiger partial charge in [-0.1, -0.05) is 11.6 Å². The molecule has 174 valence electrons. The normalized spacial score (nSPS) is 12.3. The topological polar surface area (TPSA) is 77.1 Å². The average molecular weight is 487 g/mol. The Morgan fingerprint density at radius 2 is 1.84 bits per heavy atom. The number of aryl methyl sites for hydroxylation is 1. The lowest BCUT2D eigenvalue weighted by molar-refractivity contribution is -0.141. The maximum atomic E-state index is 13.2. The highest BCUT2D eigenvalue weighted by Crippen LogP contribution is 2.35. The van der Waals surface area contributed by atoms with E-state index in [0.717, 1.165) is 10.7 Å². The highest BCUT2D eigenvalue weighted by atomic mass is 35.5. The SMILES string of the molecule is Cc1c(Cl)c(C(F)(F)F)nn1CCCNC(=O)c1cc2nc(C(F)F)cc(C(F)F)n2n1. The minimum atomic E-state index is -4.71. The first-order valence-electron chi connectivity index (χ1n) is 8.95. The van der Waals surface area contributed by atoms with E-state index in [1.54, 1.807) is 0 Å². The van der Waals surface area contributed by atoms with Crippen LogP contribution in [0, 0.1) is 6.92 Å². The zero-order valence-corrected chi connectivity index (χ0v) is 16.9. The first kappa shape index (κ1) is 23.8. The number of nitrogens with one attached hydrogen (secondary N) is 1. The van der Waals surface area contributed by atoms with Gasteiger partial charge in [0.15, 0.2) is 17.0 Å². The summed E-state index contributed by atoms with van der Waals surface area (Å²) in [4.78, 5) is 15.8. The van der Waals surface area contributed by atoms with Crippen LogP contribution in [0.25, 0.3) is 5.65 Å². The van der Waals surface area contributed by atoms with Crippen molar-refractivity contribution in [2.24, 2.45) is 0 Å². The summed E-state index contributed by atoms with van der Waals surface area (Å²) in [6.07, 6.45) is -10.8. The Morgan fingerprint density at radius 3 is 2.41 bits per heavy atom. The number of halogens is 8. The van der Waals surface area contributed by atoms with Crippen molar-refractivity contribution in [3.05, 3.63) is 45.6 Å². The van der Waals surface area contributed by atoms with Crippen LogP contribution in [0.3, 0.4) is 0 Å². The Bertz CT molecular complexity index is 1140. The summed E-state index contributed by atoms with van der Waals surface area (Å²) < 4.78 is 92.3. The van der Waals surface area contributed by atoms with Crippen molar-refractivity contribution in [1.29, 1.82) is 0 Å². The van der Waals surface area contributed by atoms with E-state index < -0.39 is 47.0 Å². The van der Waals surface area contributed by atoms with Crippen LogP contribution in [0.4, 0.5) is 30.7 Å². The highest BCUT2D eigenvalue weighted by molar-refractivity contribution is 6.31. The summed E-state index contributed by atoms with van der Waals surface area (Å²) in [6, 6.07) is 1.48. The van der Waals surface area contributed by atoms with E-state index >= 15 is 0 Å². The molecule has 3 aromatic rings. The van der Waals surface area contributed by atoms with Gasteiger partial charge in [0.05, 0.1) is 10.7 Å². The zero-order chi connectivity index (χ0) is 23.8. The van der Waals surface area contributed by atoms with Crippen molar-refractivity contribution < 1.29 is 35.5 Å². The van der Waals surface area contributed by atoms with Gasteiger partial charge in [-0.15, -0.1) is 0 Å². The summed E-state index contributed by atoms with van der Waals surface area (Å²) in [7, 11) is 0. The van der Waals surface area contributed by atoms with Gasteiger partial charge in [0.1, 0.15) is 11.4 Å². The Labute approximate surface area is 180 Å². The first-order valence-corrected chi connectivity index (χ1v) is 9.33. The van der Waals surface area contributed by atoms with Gasteiger partial charge in [0.25, 0.3) is 18.8 Å². The molecule has 1 amide bonds. The Kier molecular flexibility index (Phi) is 6.62. The van der Waals surface area contributed by atoms with E-state index in [4.69, 9.17) is 11.6 Å². The van der Waals surface area contributed by atoms with Gasteiger partial charge >= 0.3 is 6.18 Å². The monoisotopic (exact) mass is 486 g/mol. The van der Waals surface area contributed by atoms with Crippen molar-refractivity contribution in [2.45, 2.75) is 38.9 Å². The Morgan fingerprint density at radius 1 is 1.16 bits per heavy atom. The van der Waals surface area contributed by atoms with E-state index in [9.17, 15) is 35.5 Å². The minimum absolute atomic E-state index is 0.00190. The predicted molar refractivity (Wildman–Crippen MR) is 96.8 cm³/mol. The molecular weight excluding hydrogens is 473 g/mol. The van der Waals surface area contributed by atoms with Crippen LogP contribution in [0.15, 0.2) is 12.1 Å². The number of carbonyl (C=O) groups is 1. The predicted octanol–water partition coefficient (Wildman–Crippen LogP) is 4.60. The molecule has 0 unspecified atom stereocenters. The second-order valence-electron chi connectivity index (χ2n) is 6.59. The second kappa shape index (κ2) is 8.92. The number of alkyl halides is 7. The highest BCUT2D eigenvalue weighted by Gasteiger charge is 2.38. The molecule has 7 nitrogen and oxygen atoms in total. The van der Waals surface area contributed by atoms with Crippen molar-refractivity contribution in [3.8, 4) is 0 Å². The summed E-state index contributed by atoms with van der Waals surface area (Å²) in [5.74, 6) is -0.805. The van der Waals surface area contributed by atoms with Gasteiger partial charge in [-0.05, 0) is 19.4 Å². The smallest absolute Gasteiger partial charge is 0.351 e. The molecule has 0 fully saturated rings. The van der Waals surface area contributed by atoms with Crippen LogP contribution < -0.4 is 5.32 Å². The molecule has 0 spiro atoms. The van der Waals surface area contributed by atoms with Crippen LogP contribution in [0.1, 0.15) is 52.5 Å². The minimum Gasteiger partial charge on any atom is -0.351 e. The van der Waals surface area contributed by atoms with Crippen LogP contribution in [0.5, 0.6) is 0 Å². The van der Waals surface area contributed by atoms with Gasteiger partial charge in [-0.25, -0.2) is 27.1 Å². The number of fused-ring (bicyclic) bond motifs is 1. The maximum Gasteiger partial charge on any atom is 0.436 e. The number of aromatic nitrogens is 5. The van der Waals surface area contributed by atoms with Crippen molar-refractivity contribution in [2.75, 3.05) is 6.54 Å². The fourth-order valence-corrected chi connectivity index (χ4v) is 3.08. The molecule has 0 aromatic carbocycles. The third-order valence-electron chi connectivity index (χ3n) is 4.39. The standard InChI is InChI=1S/C17H14ClF7N6O/c1-7-12(18)13(17(23,24)25)29-30(7)4-2-3-26-16(32)9-6-11-27-8(14(19)20)5-10(15(21)22)31(11)28-9/h5-6,14-15H,2-4H2,1H3,(H,26,32). The fraction of sp³-hybridized carbons (Fsp3) is 0.412. The van der Waals surface area contributed by atoms with Crippen molar-refractivity contribution in [1.82, 2.24) is 29.7 Å². The quantitative estimate of drug-likeness (QED) is 0.391. The lowest BCUT2D eigenvalue weighted by Gasteiger charge is -2.06. The fourth-order valence-electron chi connectivity index (χ4n) is 2.84. The molecule has 0 aliphatic heterocycles. The molecule has 3 heterocycles. The number of hydrogen-bond acceptors (Lipinski definition) is 4. The molecule has 1 N–H and O–H groups in total. The van der Waals surface area contributed by atoms with Gasteiger partial charge in [-0.3, -0.25) is 9.48 Å². The van der Waals surface area contributed by atoms with Gasteiger partial charge in [0.2, 0.25) is 0 Å². The molecule has 32 heavy (non-hydrogen) atoms. The molecule has 0 aliphatic carbocycles. The molecule has 0 saturated carbocycles. The van der Waals surface area contributed by atoms with Crippen molar-refractivity contribution >= 4 is 23.2 Å². The summed E-state index contributed by atoms with van der Waals surface area (Å²) in [5.41, 5.74) is -3.54. The second-order valence-corrected chi connectivity index (χ2v) is 6.96. The van der Waals surface area contributed by atoms with Gasteiger partial charge < -0.3 is 5.32 Å². The first-order chi connectivity index (χ1) is 14.9. The van der Waals surface area contributed by atoms with Crippen LogP contribution in [-0.4, -0.2) is 36.8 Å². The maximum absolute atomic E-state index is 13.2. The van der Waals surface area contributed by atoms with Crippen LogP contribution in [0.2, 0.25) is 5.02 Å². The lowest BCUT2D eigenvalue weighted by Crippen LogP contribution is -2.26. The number of nitrogens with zero attached hydrogens (tertiary/aromatic N) is 5.